The number of aryl methyl sites for hydroxylation is 1. The van der Waals surface area contributed by atoms with Gasteiger partial charge in [-0.15, -0.1) is 0 Å². The Labute approximate surface area is 141 Å². The number of primary amides is 1. The van der Waals surface area contributed by atoms with E-state index in [4.69, 9.17) is 5.73 Å². The second kappa shape index (κ2) is 7.35. The van der Waals surface area contributed by atoms with Gasteiger partial charge in [0, 0.05) is 30.6 Å². The van der Waals surface area contributed by atoms with E-state index < -0.39 is 5.91 Å². The fourth-order valence-corrected chi connectivity index (χ4v) is 2.89. The first-order valence-corrected chi connectivity index (χ1v) is 8.16. The second-order valence-corrected chi connectivity index (χ2v) is 6.03. The molecule has 1 amide bonds. The number of pyridine rings is 1. The van der Waals surface area contributed by atoms with Crippen molar-refractivity contribution in [3.05, 3.63) is 47.3 Å². The maximum atomic E-state index is 11.7. The van der Waals surface area contributed by atoms with Gasteiger partial charge in [-0.05, 0) is 45.0 Å². The van der Waals surface area contributed by atoms with Crippen LogP contribution in [0.2, 0.25) is 0 Å². The number of rotatable bonds is 5. The molecule has 7 heteroatoms. The minimum atomic E-state index is -0.469. The number of aromatic nitrogens is 3. The fraction of sp³-hybridized carbons (Fsp3) is 0.412. The van der Waals surface area contributed by atoms with Crippen LogP contribution in [0.25, 0.3) is 0 Å². The van der Waals surface area contributed by atoms with Crippen molar-refractivity contribution in [1.29, 1.82) is 0 Å². The van der Waals surface area contributed by atoms with Crippen molar-refractivity contribution in [2.75, 3.05) is 18.4 Å². The first-order valence-electron chi connectivity index (χ1n) is 8.16. The highest BCUT2D eigenvalue weighted by Crippen LogP contribution is 2.20. The summed E-state index contributed by atoms with van der Waals surface area (Å²) >= 11 is 0. The first-order chi connectivity index (χ1) is 11.6. The average Bonchev–Trinajstić information content (AvgIpc) is 2.56. The van der Waals surface area contributed by atoms with E-state index in [1.54, 1.807) is 12.4 Å². The lowest BCUT2D eigenvalue weighted by Crippen LogP contribution is -2.35. The molecule has 3 heterocycles. The molecule has 2 aromatic rings. The number of nitrogens with zero attached hydrogens (tertiary/aromatic N) is 3. The van der Waals surface area contributed by atoms with Crippen molar-refractivity contribution in [2.45, 2.75) is 32.2 Å². The van der Waals surface area contributed by atoms with Gasteiger partial charge in [-0.2, -0.15) is 0 Å². The van der Waals surface area contributed by atoms with Crippen molar-refractivity contribution >= 4 is 11.6 Å². The molecule has 1 saturated heterocycles. The van der Waals surface area contributed by atoms with Crippen LogP contribution in [0.15, 0.2) is 24.5 Å². The van der Waals surface area contributed by atoms with E-state index in [1.165, 1.54) is 0 Å². The van der Waals surface area contributed by atoms with Crippen LogP contribution in [0.3, 0.4) is 0 Å². The Kier molecular flexibility index (Phi) is 5.00. The van der Waals surface area contributed by atoms with Gasteiger partial charge in [0.1, 0.15) is 5.82 Å². The van der Waals surface area contributed by atoms with Gasteiger partial charge in [0.15, 0.2) is 0 Å². The van der Waals surface area contributed by atoms with Gasteiger partial charge in [0.2, 0.25) is 0 Å². The van der Waals surface area contributed by atoms with Crippen molar-refractivity contribution in [1.82, 2.24) is 20.3 Å². The Morgan fingerprint density at radius 1 is 1.33 bits per heavy atom. The second-order valence-electron chi connectivity index (χ2n) is 6.03. The highest BCUT2D eigenvalue weighted by Gasteiger charge is 2.17. The molecule has 1 fully saturated rings. The van der Waals surface area contributed by atoms with Crippen molar-refractivity contribution < 1.29 is 4.79 Å². The molecular weight excluding hydrogens is 304 g/mol. The van der Waals surface area contributed by atoms with Gasteiger partial charge in [0.05, 0.1) is 16.9 Å². The third-order valence-electron chi connectivity index (χ3n) is 4.12. The molecule has 24 heavy (non-hydrogen) atoms. The van der Waals surface area contributed by atoms with E-state index in [2.05, 4.69) is 25.6 Å². The molecule has 0 radical (unpaired) electrons. The summed E-state index contributed by atoms with van der Waals surface area (Å²) in [6, 6.07) is 4.11. The molecule has 0 aromatic carbocycles. The van der Waals surface area contributed by atoms with Crippen LogP contribution in [0, 0.1) is 6.92 Å². The predicted octanol–water partition coefficient (Wildman–Crippen LogP) is 1.03. The number of nitrogens with two attached hydrogens (primary N) is 1. The molecule has 126 valence electrons. The topological polar surface area (TPSA) is 106 Å². The lowest BCUT2D eigenvalue weighted by Gasteiger charge is -2.25. The summed E-state index contributed by atoms with van der Waals surface area (Å²) in [4.78, 5) is 24.6. The number of hydrogen-bond donors (Lipinski definition) is 3. The van der Waals surface area contributed by atoms with Crippen molar-refractivity contribution in [3.63, 3.8) is 0 Å². The Morgan fingerprint density at radius 2 is 2.12 bits per heavy atom. The van der Waals surface area contributed by atoms with E-state index in [0.717, 1.165) is 48.8 Å². The van der Waals surface area contributed by atoms with E-state index >= 15 is 0 Å². The van der Waals surface area contributed by atoms with Gasteiger partial charge in [-0.3, -0.25) is 9.78 Å². The minimum Gasteiger partial charge on any atom is -0.381 e. The molecular formula is C17H22N6O. The van der Waals surface area contributed by atoms with Crippen molar-refractivity contribution in [3.8, 4) is 0 Å². The quantitative estimate of drug-likeness (QED) is 0.758. The van der Waals surface area contributed by atoms with Crippen LogP contribution >= 0.6 is 0 Å². The van der Waals surface area contributed by atoms with Gasteiger partial charge >= 0.3 is 0 Å². The summed E-state index contributed by atoms with van der Waals surface area (Å²) in [6.45, 7) is 3.81. The monoisotopic (exact) mass is 326 g/mol. The fourth-order valence-electron chi connectivity index (χ4n) is 2.89. The number of carbonyl (C=O) groups is 1. The van der Waals surface area contributed by atoms with Gasteiger partial charge < -0.3 is 16.4 Å². The smallest absolute Gasteiger partial charge is 0.252 e. The largest absolute Gasteiger partial charge is 0.381 e. The molecule has 0 atom stereocenters. The van der Waals surface area contributed by atoms with Crippen LogP contribution in [0.4, 0.5) is 5.69 Å². The maximum Gasteiger partial charge on any atom is 0.252 e. The summed E-state index contributed by atoms with van der Waals surface area (Å²) in [5.41, 5.74) is 8.41. The maximum absolute atomic E-state index is 11.7. The van der Waals surface area contributed by atoms with Crippen LogP contribution in [-0.2, 0) is 6.42 Å². The van der Waals surface area contributed by atoms with Gasteiger partial charge in [-0.1, -0.05) is 0 Å². The highest BCUT2D eigenvalue weighted by atomic mass is 16.1. The highest BCUT2D eigenvalue weighted by molar-refractivity contribution is 5.98. The summed E-state index contributed by atoms with van der Waals surface area (Å²) in [5.74, 6) is 0.262. The number of piperidine rings is 1. The summed E-state index contributed by atoms with van der Waals surface area (Å²) in [5, 5.41) is 6.78. The average molecular weight is 326 g/mol. The van der Waals surface area contributed by atoms with Crippen LogP contribution in [0.1, 0.15) is 40.4 Å². The molecule has 4 N–H and O–H groups in total. The lowest BCUT2D eigenvalue weighted by atomic mass is 10.0. The third kappa shape index (κ3) is 4.05. The SMILES string of the molecule is Cc1nccc(Cc2cc(NC3CCNCC3)c(C(N)=O)cn2)n1. The predicted molar refractivity (Wildman–Crippen MR) is 91.8 cm³/mol. The number of amides is 1. The summed E-state index contributed by atoms with van der Waals surface area (Å²) < 4.78 is 0. The summed E-state index contributed by atoms with van der Waals surface area (Å²) in [7, 11) is 0. The normalized spacial score (nSPS) is 15.2. The zero-order chi connectivity index (χ0) is 16.9. The van der Waals surface area contributed by atoms with Gasteiger partial charge in [-0.25, -0.2) is 9.97 Å². The van der Waals surface area contributed by atoms with E-state index in [-0.39, 0.29) is 0 Å². The van der Waals surface area contributed by atoms with Crippen molar-refractivity contribution in [2.24, 2.45) is 5.73 Å². The molecule has 1 aliphatic heterocycles. The Balaban J connectivity index is 1.83. The first kappa shape index (κ1) is 16.3. The number of hydrogen-bond acceptors (Lipinski definition) is 6. The van der Waals surface area contributed by atoms with Crippen LogP contribution < -0.4 is 16.4 Å². The number of carbonyl (C=O) groups excluding carboxylic acids is 1. The standard InChI is InChI=1S/C17H22N6O/c1-11-20-7-4-13(22-11)8-14-9-16(15(10-21-14)17(18)24)23-12-2-5-19-6-3-12/h4,7,9-10,12,19H,2-3,5-6,8H2,1H3,(H2,18,24)(H,21,23). The lowest BCUT2D eigenvalue weighted by molar-refractivity contribution is 0.100. The van der Waals surface area contributed by atoms with Crippen LogP contribution in [-0.4, -0.2) is 40.0 Å². The Bertz CT molecular complexity index is 727. The minimum absolute atomic E-state index is 0.334. The van der Waals surface area contributed by atoms with Crippen LogP contribution in [0.5, 0.6) is 0 Å². The van der Waals surface area contributed by atoms with E-state index in [9.17, 15) is 4.79 Å². The number of nitrogens with one attached hydrogen (secondary N) is 2. The Morgan fingerprint density at radius 3 is 2.83 bits per heavy atom. The third-order valence-corrected chi connectivity index (χ3v) is 4.12. The van der Waals surface area contributed by atoms with Gasteiger partial charge in [0.25, 0.3) is 5.91 Å². The summed E-state index contributed by atoms with van der Waals surface area (Å²) in [6.07, 6.45) is 5.91. The molecule has 2 aromatic heterocycles. The zero-order valence-electron chi connectivity index (χ0n) is 13.7. The zero-order valence-corrected chi connectivity index (χ0v) is 13.7. The Hall–Kier alpha value is -2.54. The molecule has 0 unspecified atom stereocenters. The molecule has 3 rings (SSSR count). The molecule has 0 saturated carbocycles. The molecule has 1 aliphatic rings. The van der Waals surface area contributed by atoms with E-state index in [0.29, 0.717) is 18.0 Å². The molecule has 0 aliphatic carbocycles. The molecule has 0 spiro atoms. The number of anilines is 1. The molecule has 0 bridgehead atoms. The van der Waals surface area contributed by atoms with E-state index in [1.807, 2.05) is 19.1 Å². The molecule has 7 nitrogen and oxygen atoms in total.